The molecule has 0 atom stereocenters. The highest BCUT2D eigenvalue weighted by atomic mass is 16.7. The van der Waals surface area contributed by atoms with E-state index in [0.717, 1.165) is 29.6 Å². The Morgan fingerprint density at radius 2 is 1.97 bits per heavy atom. The first-order valence-corrected chi connectivity index (χ1v) is 9.52. The maximum atomic E-state index is 13.2. The lowest BCUT2D eigenvalue weighted by Crippen LogP contribution is -2.12. The van der Waals surface area contributed by atoms with Crippen molar-refractivity contribution in [3.8, 4) is 34.3 Å². The molecule has 1 aliphatic rings. The molecule has 0 N–H and O–H groups in total. The molecule has 2 aromatic carbocycles. The van der Waals surface area contributed by atoms with E-state index in [2.05, 4.69) is 21.6 Å². The van der Waals surface area contributed by atoms with Crippen molar-refractivity contribution in [2.75, 3.05) is 6.79 Å². The highest BCUT2D eigenvalue weighted by Gasteiger charge is 2.19. The topological polar surface area (TPSA) is 79.4 Å². The van der Waals surface area contributed by atoms with Crippen LogP contribution in [0.4, 0.5) is 0 Å². The largest absolute Gasteiger partial charge is 0.454 e. The first-order chi connectivity index (χ1) is 14.1. The predicted molar refractivity (Wildman–Crippen MR) is 108 cm³/mol. The Morgan fingerprint density at radius 3 is 2.83 bits per heavy atom. The molecule has 1 aliphatic heterocycles. The van der Waals surface area contributed by atoms with Crippen molar-refractivity contribution in [1.82, 2.24) is 14.7 Å². The fourth-order valence-corrected chi connectivity index (χ4v) is 3.58. The van der Waals surface area contributed by atoms with E-state index in [1.165, 1.54) is 0 Å². The van der Waals surface area contributed by atoms with Crippen LogP contribution in [0.15, 0.2) is 51.9 Å². The molecule has 0 saturated carbocycles. The van der Waals surface area contributed by atoms with Crippen LogP contribution in [0.2, 0.25) is 0 Å². The fourth-order valence-electron chi connectivity index (χ4n) is 3.58. The number of pyridine rings is 1. The number of aryl methyl sites for hydroxylation is 2. The fraction of sp³-hybridized carbons (Fsp3) is 0.227. The van der Waals surface area contributed by atoms with Gasteiger partial charge in [-0.15, -0.1) is 0 Å². The van der Waals surface area contributed by atoms with Crippen LogP contribution in [-0.4, -0.2) is 21.5 Å². The molecule has 29 heavy (non-hydrogen) atoms. The van der Waals surface area contributed by atoms with Gasteiger partial charge < -0.3 is 18.6 Å². The maximum absolute atomic E-state index is 13.2. The van der Waals surface area contributed by atoms with E-state index in [0.29, 0.717) is 28.3 Å². The molecule has 146 valence electrons. The highest BCUT2D eigenvalue weighted by molar-refractivity contribution is 5.83. The summed E-state index contributed by atoms with van der Waals surface area (Å²) in [4.78, 5) is 17.6. The van der Waals surface area contributed by atoms with E-state index in [4.69, 9.17) is 14.0 Å². The Balaban J connectivity index is 1.63. The molecule has 4 aromatic rings. The van der Waals surface area contributed by atoms with Crippen LogP contribution < -0.4 is 14.9 Å². The van der Waals surface area contributed by atoms with E-state index in [9.17, 15) is 4.79 Å². The average Bonchev–Trinajstić information content (AvgIpc) is 3.39. The quantitative estimate of drug-likeness (QED) is 0.521. The minimum atomic E-state index is -0.114. The second kappa shape index (κ2) is 6.77. The number of fused-ring (bicyclic) bond motifs is 2. The SMILES string of the molecule is CCCn1cc(-c2nc(-c3ccc4c(c3)OCO4)no2)c(=O)c2cc(C)ccc21. The third kappa shape index (κ3) is 2.95. The summed E-state index contributed by atoms with van der Waals surface area (Å²) in [6.07, 6.45) is 2.75. The predicted octanol–water partition coefficient (Wildman–Crippen LogP) is 4.17. The summed E-state index contributed by atoms with van der Waals surface area (Å²) in [6, 6.07) is 11.3. The Morgan fingerprint density at radius 1 is 1.10 bits per heavy atom. The van der Waals surface area contributed by atoms with Gasteiger partial charge >= 0.3 is 0 Å². The number of benzene rings is 2. The second-order valence-corrected chi connectivity index (χ2v) is 7.08. The summed E-state index contributed by atoms with van der Waals surface area (Å²) in [5, 5.41) is 4.72. The zero-order valence-corrected chi connectivity index (χ0v) is 16.1. The standard InChI is InChI=1S/C22H19N3O4/c1-3-8-25-11-16(20(26)15-9-13(2)4-6-17(15)25)22-23-21(24-29-22)14-5-7-18-19(10-14)28-12-27-18/h4-7,9-11H,3,8,12H2,1-2H3. The lowest BCUT2D eigenvalue weighted by Gasteiger charge is -2.11. The summed E-state index contributed by atoms with van der Waals surface area (Å²) in [6.45, 7) is 5.06. The second-order valence-electron chi connectivity index (χ2n) is 7.08. The average molecular weight is 389 g/mol. The summed E-state index contributed by atoms with van der Waals surface area (Å²) >= 11 is 0. The third-order valence-corrected chi connectivity index (χ3v) is 4.99. The van der Waals surface area contributed by atoms with Crippen LogP contribution in [-0.2, 0) is 6.54 Å². The first kappa shape index (κ1) is 17.5. The van der Waals surface area contributed by atoms with E-state index < -0.39 is 0 Å². The minimum Gasteiger partial charge on any atom is -0.454 e. The van der Waals surface area contributed by atoms with Gasteiger partial charge in [0.25, 0.3) is 5.89 Å². The number of hydrogen-bond acceptors (Lipinski definition) is 6. The van der Waals surface area contributed by atoms with Gasteiger partial charge in [-0.25, -0.2) is 0 Å². The third-order valence-electron chi connectivity index (χ3n) is 4.99. The van der Waals surface area contributed by atoms with Crippen molar-refractivity contribution in [2.45, 2.75) is 26.8 Å². The van der Waals surface area contributed by atoms with Gasteiger partial charge in [0.2, 0.25) is 18.0 Å². The first-order valence-electron chi connectivity index (χ1n) is 9.52. The van der Waals surface area contributed by atoms with E-state index in [1.54, 1.807) is 18.3 Å². The zero-order chi connectivity index (χ0) is 20.0. The number of hydrogen-bond donors (Lipinski definition) is 0. The zero-order valence-electron chi connectivity index (χ0n) is 16.1. The van der Waals surface area contributed by atoms with Crippen molar-refractivity contribution >= 4 is 10.9 Å². The molecule has 0 fully saturated rings. The van der Waals surface area contributed by atoms with Crippen LogP contribution in [0.25, 0.3) is 33.7 Å². The smallest absolute Gasteiger partial charge is 0.263 e. The Hall–Kier alpha value is -3.61. The Bertz CT molecular complexity index is 1290. The van der Waals surface area contributed by atoms with Crippen molar-refractivity contribution in [3.05, 3.63) is 58.4 Å². The van der Waals surface area contributed by atoms with Gasteiger partial charge in [0, 0.05) is 23.7 Å². The van der Waals surface area contributed by atoms with Gasteiger partial charge in [-0.3, -0.25) is 4.79 Å². The number of aromatic nitrogens is 3. The Kier molecular flexibility index (Phi) is 4.08. The van der Waals surface area contributed by atoms with Crippen LogP contribution >= 0.6 is 0 Å². The lowest BCUT2D eigenvalue weighted by molar-refractivity contribution is 0.174. The lowest BCUT2D eigenvalue weighted by atomic mass is 10.1. The molecule has 0 radical (unpaired) electrons. The number of ether oxygens (including phenoxy) is 2. The normalized spacial score (nSPS) is 12.6. The van der Waals surface area contributed by atoms with E-state index in [-0.39, 0.29) is 18.1 Å². The van der Waals surface area contributed by atoms with Crippen molar-refractivity contribution < 1.29 is 14.0 Å². The van der Waals surface area contributed by atoms with Crippen molar-refractivity contribution in [3.63, 3.8) is 0 Å². The molecule has 5 rings (SSSR count). The van der Waals surface area contributed by atoms with Gasteiger partial charge in [0.1, 0.15) is 5.56 Å². The molecule has 0 unspecified atom stereocenters. The summed E-state index contributed by atoms with van der Waals surface area (Å²) in [5.41, 5.74) is 2.95. The highest BCUT2D eigenvalue weighted by Crippen LogP contribution is 2.35. The number of rotatable bonds is 4. The van der Waals surface area contributed by atoms with Gasteiger partial charge in [-0.2, -0.15) is 4.98 Å². The summed E-state index contributed by atoms with van der Waals surface area (Å²) < 4.78 is 18.3. The van der Waals surface area contributed by atoms with Gasteiger partial charge in [-0.1, -0.05) is 23.7 Å². The molecule has 0 saturated heterocycles. The van der Waals surface area contributed by atoms with Crippen LogP contribution in [0.1, 0.15) is 18.9 Å². The summed E-state index contributed by atoms with van der Waals surface area (Å²) in [5.74, 6) is 1.92. The van der Waals surface area contributed by atoms with Gasteiger partial charge in [0.15, 0.2) is 11.5 Å². The van der Waals surface area contributed by atoms with E-state index in [1.807, 2.05) is 31.2 Å². The van der Waals surface area contributed by atoms with Crippen LogP contribution in [0.3, 0.4) is 0 Å². The Labute approximate surface area is 166 Å². The van der Waals surface area contributed by atoms with Crippen LogP contribution in [0, 0.1) is 6.92 Å². The number of nitrogens with zero attached hydrogens (tertiary/aromatic N) is 3. The van der Waals surface area contributed by atoms with Gasteiger partial charge in [0.05, 0.1) is 5.52 Å². The molecular weight excluding hydrogens is 370 g/mol. The molecule has 3 heterocycles. The summed E-state index contributed by atoms with van der Waals surface area (Å²) in [7, 11) is 0. The molecule has 7 nitrogen and oxygen atoms in total. The molecular formula is C22H19N3O4. The van der Waals surface area contributed by atoms with E-state index >= 15 is 0 Å². The minimum absolute atomic E-state index is 0.114. The van der Waals surface area contributed by atoms with Crippen molar-refractivity contribution in [1.29, 1.82) is 0 Å². The molecule has 0 aliphatic carbocycles. The molecule has 7 heteroatoms. The molecule has 0 spiro atoms. The van der Waals surface area contributed by atoms with Gasteiger partial charge in [-0.05, 0) is 43.7 Å². The maximum Gasteiger partial charge on any atom is 0.263 e. The van der Waals surface area contributed by atoms with Crippen LogP contribution in [0.5, 0.6) is 11.5 Å². The molecule has 0 bridgehead atoms. The monoisotopic (exact) mass is 389 g/mol. The molecule has 2 aromatic heterocycles. The van der Waals surface area contributed by atoms with Crippen molar-refractivity contribution in [2.24, 2.45) is 0 Å². The molecule has 0 amide bonds.